The lowest BCUT2D eigenvalue weighted by Gasteiger charge is -2.22. The van der Waals surface area contributed by atoms with Gasteiger partial charge in [0.15, 0.2) is 0 Å². The second-order valence-electron chi connectivity index (χ2n) is 4.22. The molecule has 18 heavy (non-hydrogen) atoms. The van der Waals surface area contributed by atoms with Crippen LogP contribution in [0.2, 0.25) is 0 Å². The van der Waals surface area contributed by atoms with Crippen LogP contribution < -0.4 is 5.73 Å². The van der Waals surface area contributed by atoms with E-state index in [1.807, 2.05) is 0 Å². The van der Waals surface area contributed by atoms with E-state index in [4.69, 9.17) is 10.6 Å². The van der Waals surface area contributed by atoms with Gasteiger partial charge in [-0.15, -0.1) is 0 Å². The molecule has 0 fully saturated rings. The predicted molar refractivity (Wildman–Crippen MR) is 64.8 cm³/mol. The normalized spacial score (nSPS) is 18.8. The fraction of sp³-hybridized carbons (Fsp3) is 0.667. The summed E-state index contributed by atoms with van der Waals surface area (Å²) >= 11 is 0. The molecule has 0 aromatic rings. The van der Waals surface area contributed by atoms with Crippen LogP contribution in [0.3, 0.4) is 0 Å². The van der Waals surface area contributed by atoms with Crippen molar-refractivity contribution in [2.75, 3.05) is 7.11 Å². The fourth-order valence-corrected chi connectivity index (χ4v) is 1.98. The number of nitrogens with two attached hydrogens (primary N) is 1. The Balaban J connectivity index is 2.86. The van der Waals surface area contributed by atoms with E-state index in [0.29, 0.717) is 6.42 Å². The van der Waals surface area contributed by atoms with Gasteiger partial charge in [0, 0.05) is 6.92 Å². The highest BCUT2D eigenvalue weighted by Crippen LogP contribution is 2.28. The summed E-state index contributed by atoms with van der Waals surface area (Å²) in [6, 6.07) is -0.443. The lowest BCUT2D eigenvalue weighted by molar-refractivity contribution is -0.170. The van der Waals surface area contributed by atoms with Gasteiger partial charge in [-0.3, -0.25) is 4.79 Å². The molecule has 1 heterocycles. The molecule has 0 saturated carbocycles. The van der Waals surface area contributed by atoms with Crippen LogP contribution >= 0.6 is 0 Å². The third kappa shape index (κ3) is 2.94. The fourth-order valence-electron chi connectivity index (χ4n) is 1.98. The average Bonchev–Trinajstić information content (AvgIpc) is 2.66. The lowest BCUT2D eigenvalue weighted by atomic mass is 10.0. The van der Waals surface area contributed by atoms with E-state index in [2.05, 4.69) is 11.7 Å². The van der Waals surface area contributed by atoms with Crippen LogP contribution in [0.15, 0.2) is 11.5 Å². The molecule has 0 aromatic heterocycles. The monoisotopic (exact) mass is 256 g/mol. The molecule has 0 bridgehead atoms. The maximum absolute atomic E-state index is 11.7. The molecule has 0 radical (unpaired) electrons. The molecule has 1 unspecified atom stereocenters. The van der Waals surface area contributed by atoms with Crippen molar-refractivity contribution in [2.45, 2.75) is 45.6 Å². The Morgan fingerprint density at radius 3 is 2.61 bits per heavy atom. The number of carbonyl (C=O) groups is 2. The number of unbranched alkanes of at least 4 members (excludes halogenated alkanes) is 2. The van der Waals surface area contributed by atoms with Gasteiger partial charge in [-0.2, -0.15) is 5.06 Å². The Morgan fingerprint density at radius 2 is 2.11 bits per heavy atom. The first kappa shape index (κ1) is 14.3. The van der Waals surface area contributed by atoms with Crippen molar-refractivity contribution in [3.63, 3.8) is 0 Å². The number of amides is 1. The van der Waals surface area contributed by atoms with Crippen LogP contribution in [-0.2, 0) is 19.2 Å². The van der Waals surface area contributed by atoms with E-state index in [1.54, 1.807) is 0 Å². The number of ether oxygens (including phenoxy) is 1. The minimum atomic E-state index is -0.544. The molecule has 1 aliphatic rings. The molecular formula is C12H20N2O4. The summed E-state index contributed by atoms with van der Waals surface area (Å²) < 4.78 is 4.67. The second-order valence-corrected chi connectivity index (χ2v) is 4.22. The van der Waals surface area contributed by atoms with Gasteiger partial charge >= 0.3 is 5.97 Å². The molecule has 1 amide bonds. The lowest BCUT2D eigenvalue weighted by Crippen LogP contribution is -2.36. The molecule has 2 N–H and O–H groups in total. The topological polar surface area (TPSA) is 81.9 Å². The highest BCUT2D eigenvalue weighted by Gasteiger charge is 2.40. The smallest absolute Gasteiger partial charge is 0.341 e. The van der Waals surface area contributed by atoms with Crippen LogP contribution in [0, 0.1) is 0 Å². The number of nitrogens with zero attached hydrogens (tertiary/aromatic N) is 1. The summed E-state index contributed by atoms with van der Waals surface area (Å²) in [5.74, 6) is -0.866. The molecule has 0 aromatic carbocycles. The Labute approximate surface area is 107 Å². The third-order valence-electron chi connectivity index (χ3n) is 2.88. The maximum Gasteiger partial charge on any atom is 0.341 e. The predicted octanol–water partition coefficient (Wildman–Crippen LogP) is 1.07. The summed E-state index contributed by atoms with van der Waals surface area (Å²) in [4.78, 5) is 28.3. The number of hydroxylamine groups is 2. The van der Waals surface area contributed by atoms with Gasteiger partial charge in [0.1, 0.15) is 11.6 Å². The minimum absolute atomic E-state index is 0.0430. The first-order valence-electron chi connectivity index (χ1n) is 6.08. The van der Waals surface area contributed by atoms with Crippen molar-refractivity contribution in [1.29, 1.82) is 0 Å². The van der Waals surface area contributed by atoms with Gasteiger partial charge in [-0.05, 0) is 6.42 Å². The van der Waals surface area contributed by atoms with Crippen molar-refractivity contribution in [1.82, 2.24) is 5.06 Å². The van der Waals surface area contributed by atoms with Crippen LogP contribution in [0.4, 0.5) is 0 Å². The standard InChI is InChI=1S/C12H20N2O4/c1-4-5-6-7-9-10(12(16)17-3)11(13)18-14(9)8(2)15/h9H,4-7,13H2,1-3H3. The van der Waals surface area contributed by atoms with Crippen LogP contribution in [0.5, 0.6) is 0 Å². The molecule has 6 heteroatoms. The molecule has 1 atom stereocenters. The minimum Gasteiger partial charge on any atom is -0.465 e. The molecule has 0 saturated heterocycles. The van der Waals surface area contributed by atoms with Crippen molar-refractivity contribution < 1.29 is 19.2 Å². The van der Waals surface area contributed by atoms with E-state index in [1.165, 1.54) is 14.0 Å². The maximum atomic E-state index is 11.7. The first-order chi connectivity index (χ1) is 8.52. The molecule has 1 aliphatic heterocycles. The summed E-state index contributed by atoms with van der Waals surface area (Å²) in [7, 11) is 1.28. The summed E-state index contributed by atoms with van der Waals surface area (Å²) in [6.07, 6.45) is 3.61. The molecule has 1 rings (SSSR count). The van der Waals surface area contributed by atoms with Gasteiger partial charge in [0.2, 0.25) is 5.88 Å². The molecule has 102 valence electrons. The van der Waals surface area contributed by atoms with Crippen LogP contribution in [0.1, 0.15) is 39.5 Å². The van der Waals surface area contributed by atoms with E-state index >= 15 is 0 Å². The Bertz CT molecular complexity index is 365. The quantitative estimate of drug-likeness (QED) is 0.587. The summed E-state index contributed by atoms with van der Waals surface area (Å²) in [5.41, 5.74) is 5.88. The zero-order valence-electron chi connectivity index (χ0n) is 11.1. The second kappa shape index (κ2) is 6.28. The number of carbonyl (C=O) groups excluding carboxylic acids is 2. The molecule has 6 nitrogen and oxygen atoms in total. The first-order valence-corrected chi connectivity index (χ1v) is 6.08. The SMILES string of the molecule is CCCCCC1C(C(=O)OC)=C(N)ON1C(C)=O. The van der Waals surface area contributed by atoms with Crippen LogP contribution in [0.25, 0.3) is 0 Å². The van der Waals surface area contributed by atoms with Crippen LogP contribution in [-0.4, -0.2) is 30.1 Å². The van der Waals surface area contributed by atoms with Crippen molar-refractivity contribution >= 4 is 11.9 Å². The summed E-state index contributed by atoms with van der Waals surface area (Å²) in [6.45, 7) is 3.46. The third-order valence-corrected chi connectivity index (χ3v) is 2.88. The van der Waals surface area contributed by atoms with Gasteiger partial charge in [0.25, 0.3) is 5.91 Å². The van der Waals surface area contributed by atoms with E-state index in [-0.39, 0.29) is 17.4 Å². The Morgan fingerprint density at radius 1 is 1.44 bits per heavy atom. The zero-order valence-corrected chi connectivity index (χ0v) is 11.1. The van der Waals surface area contributed by atoms with Gasteiger partial charge in [0.05, 0.1) is 7.11 Å². The van der Waals surface area contributed by atoms with E-state index in [0.717, 1.165) is 24.3 Å². The van der Waals surface area contributed by atoms with E-state index in [9.17, 15) is 9.59 Å². The Hall–Kier alpha value is -1.72. The zero-order chi connectivity index (χ0) is 13.7. The molecular weight excluding hydrogens is 236 g/mol. The molecule has 0 aliphatic carbocycles. The number of rotatable bonds is 5. The highest BCUT2D eigenvalue weighted by atomic mass is 16.7. The summed E-state index contributed by atoms with van der Waals surface area (Å²) in [5, 5.41) is 1.15. The highest BCUT2D eigenvalue weighted by molar-refractivity contribution is 5.92. The molecule has 0 spiro atoms. The van der Waals surface area contributed by atoms with Gasteiger partial charge < -0.3 is 15.3 Å². The largest absolute Gasteiger partial charge is 0.465 e. The van der Waals surface area contributed by atoms with Crippen molar-refractivity contribution in [3.8, 4) is 0 Å². The number of esters is 1. The van der Waals surface area contributed by atoms with Gasteiger partial charge in [-0.25, -0.2) is 4.79 Å². The van der Waals surface area contributed by atoms with E-state index < -0.39 is 12.0 Å². The Kier molecular flexibility index (Phi) is 5.00. The average molecular weight is 256 g/mol. The number of hydrogen-bond acceptors (Lipinski definition) is 5. The van der Waals surface area contributed by atoms with Gasteiger partial charge in [-0.1, -0.05) is 26.2 Å². The number of methoxy groups -OCH3 is 1. The van der Waals surface area contributed by atoms with Crippen molar-refractivity contribution in [2.24, 2.45) is 5.73 Å². The number of hydrogen-bond donors (Lipinski definition) is 1. The van der Waals surface area contributed by atoms with Crippen molar-refractivity contribution in [3.05, 3.63) is 11.5 Å².